The molecular formula is C14H26N2O2. The first-order chi connectivity index (χ1) is 8.65. The molecule has 0 aromatic heterocycles. The van der Waals surface area contributed by atoms with Gasteiger partial charge in [-0.2, -0.15) is 0 Å². The average molecular weight is 254 g/mol. The van der Waals surface area contributed by atoms with Crippen molar-refractivity contribution < 1.29 is 9.53 Å². The first-order valence-electron chi connectivity index (χ1n) is 7.21. The normalized spacial score (nSPS) is 31.1. The number of hydrogen-bond donors (Lipinski definition) is 1. The molecule has 4 nitrogen and oxygen atoms in total. The minimum absolute atomic E-state index is 0.0361. The van der Waals surface area contributed by atoms with Crippen LogP contribution in [0.15, 0.2) is 0 Å². The molecule has 0 aromatic rings. The molecule has 2 aliphatic rings. The Kier molecular flexibility index (Phi) is 4.62. The van der Waals surface area contributed by atoms with E-state index in [-0.39, 0.29) is 11.9 Å². The SMILES string of the molecule is CCNC1CC(C(=O)OC)CN(C(C)C2CC2)C1. The predicted molar refractivity (Wildman–Crippen MR) is 71.3 cm³/mol. The lowest BCUT2D eigenvalue weighted by molar-refractivity contribution is -0.148. The topological polar surface area (TPSA) is 41.6 Å². The summed E-state index contributed by atoms with van der Waals surface area (Å²) in [5, 5.41) is 3.49. The van der Waals surface area contributed by atoms with Crippen LogP contribution < -0.4 is 5.32 Å². The van der Waals surface area contributed by atoms with E-state index in [1.165, 1.54) is 20.0 Å². The van der Waals surface area contributed by atoms with Gasteiger partial charge in [0, 0.05) is 25.2 Å². The van der Waals surface area contributed by atoms with Crippen LogP contribution >= 0.6 is 0 Å². The largest absolute Gasteiger partial charge is 0.469 e. The fourth-order valence-corrected chi connectivity index (χ4v) is 3.12. The number of ether oxygens (including phenoxy) is 1. The summed E-state index contributed by atoms with van der Waals surface area (Å²) in [6.45, 7) is 7.33. The second-order valence-electron chi connectivity index (χ2n) is 5.74. The van der Waals surface area contributed by atoms with Gasteiger partial charge in [-0.05, 0) is 38.6 Å². The number of likely N-dealkylation sites (tertiary alicyclic amines) is 1. The summed E-state index contributed by atoms with van der Waals surface area (Å²) in [5.74, 6) is 0.836. The number of likely N-dealkylation sites (N-methyl/N-ethyl adjacent to an activating group) is 1. The van der Waals surface area contributed by atoms with Crippen LogP contribution in [0, 0.1) is 11.8 Å². The molecule has 1 heterocycles. The van der Waals surface area contributed by atoms with Crippen LogP contribution in [0.5, 0.6) is 0 Å². The van der Waals surface area contributed by atoms with Crippen LogP contribution in [-0.2, 0) is 9.53 Å². The second-order valence-corrected chi connectivity index (χ2v) is 5.74. The van der Waals surface area contributed by atoms with Crippen molar-refractivity contribution in [1.82, 2.24) is 10.2 Å². The number of rotatable bonds is 5. The van der Waals surface area contributed by atoms with Gasteiger partial charge in [0.15, 0.2) is 0 Å². The monoisotopic (exact) mass is 254 g/mol. The number of nitrogens with zero attached hydrogens (tertiary/aromatic N) is 1. The third kappa shape index (κ3) is 3.23. The van der Waals surface area contributed by atoms with Crippen LogP contribution in [0.1, 0.15) is 33.1 Å². The fourth-order valence-electron chi connectivity index (χ4n) is 3.12. The summed E-state index contributed by atoms with van der Waals surface area (Å²) >= 11 is 0. The van der Waals surface area contributed by atoms with E-state index in [0.717, 1.165) is 32.0 Å². The fraction of sp³-hybridized carbons (Fsp3) is 0.929. The van der Waals surface area contributed by atoms with Gasteiger partial charge in [-0.25, -0.2) is 0 Å². The average Bonchev–Trinajstić information content (AvgIpc) is 3.21. The van der Waals surface area contributed by atoms with Crippen molar-refractivity contribution in [2.75, 3.05) is 26.7 Å². The number of esters is 1. The molecule has 0 spiro atoms. The van der Waals surface area contributed by atoms with E-state index < -0.39 is 0 Å². The molecule has 104 valence electrons. The van der Waals surface area contributed by atoms with Crippen molar-refractivity contribution in [3.63, 3.8) is 0 Å². The van der Waals surface area contributed by atoms with E-state index >= 15 is 0 Å². The van der Waals surface area contributed by atoms with E-state index in [0.29, 0.717) is 12.1 Å². The number of piperidine rings is 1. The number of carbonyl (C=O) groups is 1. The maximum Gasteiger partial charge on any atom is 0.310 e. The van der Waals surface area contributed by atoms with Gasteiger partial charge in [0.1, 0.15) is 0 Å². The standard InChI is InChI=1S/C14H26N2O2/c1-4-15-13-7-12(14(17)18-3)8-16(9-13)10(2)11-5-6-11/h10-13,15H,4-9H2,1-3H3. The van der Waals surface area contributed by atoms with Crippen LogP contribution in [0.4, 0.5) is 0 Å². The third-order valence-corrected chi connectivity index (χ3v) is 4.39. The lowest BCUT2D eigenvalue weighted by atomic mass is 9.92. The zero-order valence-corrected chi connectivity index (χ0v) is 11.8. The van der Waals surface area contributed by atoms with E-state index in [1.54, 1.807) is 0 Å². The quantitative estimate of drug-likeness (QED) is 0.750. The Morgan fingerprint density at radius 1 is 1.44 bits per heavy atom. The third-order valence-electron chi connectivity index (χ3n) is 4.39. The van der Waals surface area contributed by atoms with E-state index in [4.69, 9.17) is 4.74 Å². The summed E-state index contributed by atoms with van der Waals surface area (Å²) in [6.07, 6.45) is 3.62. The van der Waals surface area contributed by atoms with Crippen LogP contribution in [0.25, 0.3) is 0 Å². The molecule has 1 aliphatic heterocycles. The van der Waals surface area contributed by atoms with Gasteiger partial charge in [-0.3, -0.25) is 9.69 Å². The van der Waals surface area contributed by atoms with Gasteiger partial charge < -0.3 is 10.1 Å². The van der Waals surface area contributed by atoms with Gasteiger partial charge in [0.05, 0.1) is 13.0 Å². The maximum absolute atomic E-state index is 11.8. The van der Waals surface area contributed by atoms with Crippen LogP contribution in [0.2, 0.25) is 0 Å². The first kappa shape index (κ1) is 13.8. The minimum atomic E-state index is -0.0504. The Labute approximate surface area is 110 Å². The molecule has 2 rings (SSSR count). The van der Waals surface area contributed by atoms with Crippen molar-refractivity contribution in [3.05, 3.63) is 0 Å². The summed E-state index contributed by atoms with van der Waals surface area (Å²) in [5.41, 5.74) is 0. The van der Waals surface area contributed by atoms with E-state index in [9.17, 15) is 4.79 Å². The molecule has 3 atom stereocenters. The van der Waals surface area contributed by atoms with Crippen molar-refractivity contribution in [1.29, 1.82) is 0 Å². The van der Waals surface area contributed by atoms with Crippen molar-refractivity contribution in [2.45, 2.75) is 45.2 Å². The first-order valence-corrected chi connectivity index (χ1v) is 7.21. The molecule has 4 heteroatoms. The summed E-state index contributed by atoms with van der Waals surface area (Å²) in [4.78, 5) is 14.3. The highest BCUT2D eigenvalue weighted by molar-refractivity contribution is 5.72. The van der Waals surface area contributed by atoms with Gasteiger partial charge >= 0.3 is 5.97 Å². The lowest BCUT2D eigenvalue weighted by Crippen LogP contribution is -2.54. The number of hydrogen-bond acceptors (Lipinski definition) is 4. The molecule has 0 bridgehead atoms. The Hall–Kier alpha value is -0.610. The zero-order valence-electron chi connectivity index (χ0n) is 11.8. The van der Waals surface area contributed by atoms with Gasteiger partial charge in [0.2, 0.25) is 0 Å². The molecule has 0 aromatic carbocycles. The summed E-state index contributed by atoms with van der Waals surface area (Å²) < 4.78 is 4.93. The smallest absolute Gasteiger partial charge is 0.310 e. The molecule has 0 radical (unpaired) electrons. The van der Waals surface area contributed by atoms with Gasteiger partial charge in [-0.1, -0.05) is 6.92 Å². The Morgan fingerprint density at radius 2 is 2.17 bits per heavy atom. The molecule has 1 N–H and O–H groups in total. The number of nitrogens with one attached hydrogen (secondary N) is 1. The summed E-state index contributed by atoms with van der Waals surface area (Å²) in [6, 6.07) is 1.03. The number of methoxy groups -OCH3 is 1. The summed E-state index contributed by atoms with van der Waals surface area (Å²) in [7, 11) is 1.49. The molecule has 0 amide bonds. The van der Waals surface area contributed by atoms with Gasteiger partial charge in [0.25, 0.3) is 0 Å². The molecular weight excluding hydrogens is 228 g/mol. The molecule has 1 saturated heterocycles. The minimum Gasteiger partial charge on any atom is -0.469 e. The van der Waals surface area contributed by atoms with Crippen molar-refractivity contribution in [3.8, 4) is 0 Å². The van der Waals surface area contributed by atoms with Gasteiger partial charge in [-0.15, -0.1) is 0 Å². The van der Waals surface area contributed by atoms with Crippen LogP contribution in [-0.4, -0.2) is 49.7 Å². The van der Waals surface area contributed by atoms with E-state index in [2.05, 4.69) is 24.1 Å². The van der Waals surface area contributed by atoms with Crippen molar-refractivity contribution >= 4 is 5.97 Å². The maximum atomic E-state index is 11.8. The van der Waals surface area contributed by atoms with Crippen molar-refractivity contribution in [2.24, 2.45) is 11.8 Å². The highest BCUT2D eigenvalue weighted by Gasteiger charge is 2.38. The lowest BCUT2D eigenvalue weighted by Gasteiger charge is -2.40. The molecule has 1 aliphatic carbocycles. The van der Waals surface area contributed by atoms with Crippen LogP contribution in [0.3, 0.4) is 0 Å². The molecule has 3 unspecified atom stereocenters. The zero-order chi connectivity index (χ0) is 13.1. The Balaban J connectivity index is 1.98. The second kappa shape index (κ2) is 6.02. The Bertz CT molecular complexity index is 292. The number of carbonyl (C=O) groups excluding carboxylic acids is 1. The molecule has 2 fully saturated rings. The highest BCUT2D eigenvalue weighted by atomic mass is 16.5. The Morgan fingerprint density at radius 3 is 2.72 bits per heavy atom. The molecule has 18 heavy (non-hydrogen) atoms. The molecule has 1 saturated carbocycles. The van der Waals surface area contributed by atoms with E-state index in [1.807, 2.05) is 0 Å². The highest BCUT2D eigenvalue weighted by Crippen LogP contribution is 2.36. The predicted octanol–water partition coefficient (Wildman–Crippen LogP) is 1.26.